The van der Waals surface area contributed by atoms with Gasteiger partial charge in [-0.1, -0.05) is 72.8 Å². The van der Waals surface area contributed by atoms with E-state index in [2.05, 4.69) is 36.4 Å². The summed E-state index contributed by atoms with van der Waals surface area (Å²) in [5.74, 6) is 0. The van der Waals surface area contributed by atoms with Crippen LogP contribution in [-0.2, 0) is 0 Å². The molecule has 116 valence electrons. The van der Waals surface area contributed by atoms with E-state index >= 15 is 0 Å². The Labute approximate surface area is 139 Å². The van der Waals surface area contributed by atoms with Crippen LogP contribution < -0.4 is 0 Å². The molecule has 1 aliphatic rings. The average molecular weight is 312 g/mol. The van der Waals surface area contributed by atoms with Crippen LogP contribution in [0.25, 0.3) is 32.7 Å². The van der Waals surface area contributed by atoms with E-state index in [1.54, 1.807) is 0 Å². The van der Waals surface area contributed by atoms with E-state index in [0.29, 0.717) is 0 Å². The molecule has 0 bridgehead atoms. The summed E-state index contributed by atoms with van der Waals surface area (Å²) in [5, 5.41) is 25.9. The van der Waals surface area contributed by atoms with E-state index in [1.807, 2.05) is 36.4 Å². The molecule has 0 saturated heterocycles. The minimum atomic E-state index is -0.917. The van der Waals surface area contributed by atoms with Crippen molar-refractivity contribution in [3.63, 3.8) is 0 Å². The molecule has 4 aromatic rings. The van der Waals surface area contributed by atoms with Crippen molar-refractivity contribution in [1.82, 2.24) is 0 Å². The molecule has 0 aromatic heterocycles. The van der Waals surface area contributed by atoms with Crippen LogP contribution in [0, 0.1) is 0 Å². The number of hydrogen-bond acceptors (Lipinski definition) is 2. The highest BCUT2D eigenvalue weighted by atomic mass is 16.3. The van der Waals surface area contributed by atoms with Gasteiger partial charge in [-0.25, -0.2) is 0 Å². The summed E-state index contributed by atoms with van der Waals surface area (Å²) < 4.78 is 0. The first-order chi connectivity index (χ1) is 11.8. The quantitative estimate of drug-likeness (QED) is 0.460. The number of aliphatic hydroxyl groups is 2. The Kier molecular flexibility index (Phi) is 2.81. The lowest BCUT2D eigenvalue weighted by Gasteiger charge is -2.30. The van der Waals surface area contributed by atoms with Gasteiger partial charge >= 0.3 is 0 Å². The second kappa shape index (κ2) is 4.91. The highest BCUT2D eigenvalue weighted by molar-refractivity contribution is 6.10. The monoisotopic (exact) mass is 312 g/mol. The Bertz CT molecular complexity index is 1100. The van der Waals surface area contributed by atoms with Crippen LogP contribution in [0.15, 0.2) is 72.8 Å². The highest BCUT2D eigenvalue weighted by Gasteiger charge is 2.32. The van der Waals surface area contributed by atoms with E-state index in [9.17, 15) is 10.2 Å². The molecule has 0 amide bonds. The molecule has 2 atom stereocenters. The highest BCUT2D eigenvalue weighted by Crippen LogP contribution is 2.47. The van der Waals surface area contributed by atoms with Gasteiger partial charge in [0.25, 0.3) is 0 Å². The standard InChI is InChI=1S/C22H16O2/c23-21-19-8-4-3-7-15(19)18-12-11-16-14-6-2-1-5-13(14)9-10-17(16)20(18)22(21)24/h1-12,21-24H/t21-,22-/m1/s1. The first-order valence-electron chi connectivity index (χ1n) is 8.15. The normalized spacial score (nSPS) is 19.2. The fourth-order valence-corrected chi connectivity index (χ4v) is 3.99. The van der Waals surface area contributed by atoms with Gasteiger partial charge in [0, 0.05) is 0 Å². The molecule has 0 aliphatic heterocycles. The molecule has 5 rings (SSSR count). The third kappa shape index (κ3) is 1.72. The maximum Gasteiger partial charge on any atom is 0.110 e. The van der Waals surface area contributed by atoms with E-state index in [0.717, 1.165) is 33.0 Å². The van der Waals surface area contributed by atoms with Gasteiger partial charge in [-0.3, -0.25) is 0 Å². The first kappa shape index (κ1) is 13.7. The largest absolute Gasteiger partial charge is 0.385 e. The summed E-state index contributed by atoms with van der Waals surface area (Å²) in [6.07, 6.45) is -1.81. The zero-order valence-corrected chi connectivity index (χ0v) is 13.0. The second-order valence-electron chi connectivity index (χ2n) is 6.39. The summed E-state index contributed by atoms with van der Waals surface area (Å²) in [4.78, 5) is 0. The van der Waals surface area contributed by atoms with Crippen LogP contribution >= 0.6 is 0 Å². The van der Waals surface area contributed by atoms with Crippen LogP contribution in [0.3, 0.4) is 0 Å². The molecule has 0 spiro atoms. The lowest BCUT2D eigenvalue weighted by atomic mass is 9.79. The van der Waals surface area contributed by atoms with Gasteiger partial charge in [0.2, 0.25) is 0 Å². The molecule has 1 aliphatic carbocycles. The fourth-order valence-electron chi connectivity index (χ4n) is 3.99. The minimum Gasteiger partial charge on any atom is -0.385 e. The third-order valence-corrected chi connectivity index (χ3v) is 5.13. The van der Waals surface area contributed by atoms with Crippen LogP contribution in [0.4, 0.5) is 0 Å². The van der Waals surface area contributed by atoms with Gasteiger partial charge in [0.1, 0.15) is 12.2 Å². The average Bonchev–Trinajstić information content (AvgIpc) is 2.65. The molecule has 24 heavy (non-hydrogen) atoms. The van der Waals surface area contributed by atoms with E-state index in [-0.39, 0.29) is 0 Å². The fraction of sp³-hybridized carbons (Fsp3) is 0.0909. The van der Waals surface area contributed by atoms with Crippen LogP contribution in [-0.4, -0.2) is 10.2 Å². The number of benzene rings is 4. The van der Waals surface area contributed by atoms with Crippen molar-refractivity contribution in [2.75, 3.05) is 0 Å². The summed E-state index contributed by atoms with van der Waals surface area (Å²) >= 11 is 0. The number of fused-ring (bicyclic) bond motifs is 7. The maximum absolute atomic E-state index is 10.8. The minimum absolute atomic E-state index is 0.789. The SMILES string of the molecule is O[C@@H]1c2ccccc2-c2ccc3c(ccc4ccccc43)c2[C@H]1O. The van der Waals surface area contributed by atoms with Crippen molar-refractivity contribution in [2.45, 2.75) is 12.2 Å². The van der Waals surface area contributed by atoms with Crippen molar-refractivity contribution < 1.29 is 10.2 Å². The zero-order chi connectivity index (χ0) is 16.3. The van der Waals surface area contributed by atoms with E-state index in [4.69, 9.17) is 0 Å². The predicted molar refractivity (Wildman–Crippen MR) is 96.8 cm³/mol. The molecule has 0 saturated carbocycles. The van der Waals surface area contributed by atoms with Crippen molar-refractivity contribution in [3.8, 4) is 11.1 Å². The maximum atomic E-state index is 10.8. The smallest absolute Gasteiger partial charge is 0.110 e. The molecule has 2 heteroatoms. The van der Waals surface area contributed by atoms with E-state index in [1.165, 1.54) is 10.8 Å². The third-order valence-electron chi connectivity index (χ3n) is 5.13. The Morgan fingerprint density at radius 1 is 0.542 bits per heavy atom. The summed E-state index contributed by atoms with van der Waals surface area (Å²) in [6.45, 7) is 0. The van der Waals surface area contributed by atoms with Crippen LogP contribution in [0.2, 0.25) is 0 Å². The van der Waals surface area contributed by atoms with Crippen molar-refractivity contribution in [1.29, 1.82) is 0 Å². The van der Waals surface area contributed by atoms with Crippen molar-refractivity contribution in [3.05, 3.63) is 83.9 Å². The lowest BCUT2D eigenvalue weighted by Crippen LogP contribution is -2.17. The molecule has 4 aromatic carbocycles. The number of aliphatic hydroxyl groups excluding tert-OH is 2. The van der Waals surface area contributed by atoms with Crippen molar-refractivity contribution in [2.24, 2.45) is 0 Å². The molecular formula is C22H16O2. The summed E-state index contributed by atoms with van der Waals surface area (Å²) in [6, 6.07) is 24.3. The second-order valence-corrected chi connectivity index (χ2v) is 6.39. The Balaban J connectivity index is 1.93. The Hall–Kier alpha value is -2.68. The molecular weight excluding hydrogens is 296 g/mol. The predicted octanol–water partition coefficient (Wildman–Crippen LogP) is 4.74. The van der Waals surface area contributed by atoms with Gasteiger partial charge in [-0.2, -0.15) is 0 Å². The first-order valence-corrected chi connectivity index (χ1v) is 8.15. The van der Waals surface area contributed by atoms with Crippen LogP contribution in [0.1, 0.15) is 23.3 Å². The summed E-state index contributed by atoms with van der Waals surface area (Å²) in [7, 11) is 0. The van der Waals surface area contributed by atoms with Gasteiger partial charge < -0.3 is 10.2 Å². The number of rotatable bonds is 0. The number of hydrogen-bond donors (Lipinski definition) is 2. The molecule has 0 unspecified atom stereocenters. The van der Waals surface area contributed by atoms with Gasteiger partial charge in [-0.05, 0) is 43.8 Å². The van der Waals surface area contributed by atoms with E-state index < -0.39 is 12.2 Å². The topological polar surface area (TPSA) is 40.5 Å². The molecule has 2 N–H and O–H groups in total. The molecule has 2 nitrogen and oxygen atoms in total. The van der Waals surface area contributed by atoms with Gasteiger partial charge in [0.15, 0.2) is 0 Å². The van der Waals surface area contributed by atoms with Crippen molar-refractivity contribution >= 4 is 21.5 Å². The van der Waals surface area contributed by atoms with Crippen LogP contribution in [0.5, 0.6) is 0 Å². The lowest BCUT2D eigenvalue weighted by molar-refractivity contribution is 0.0167. The Morgan fingerprint density at radius 3 is 2.21 bits per heavy atom. The van der Waals surface area contributed by atoms with Gasteiger partial charge in [0.05, 0.1) is 0 Å². The zero-order valence-electron chi connectivity index (χ0n) is 13.0. The Morgan fingerprint density at radius 2 is 1.29 bits per heavy atom. The molecule has 0 radical (unpaired) electrons. The van der Waals surface area contributed by atoms with Gasteiger partial charge in [-0.15, -0.1) is 0 Å². The molecule has 0 heterocycles. The summed E-state index contributed by atoms with van der Waals surface area (Å²) in [5.41, 5.74) is 3.62. The molecule has 0 fully saturated rings.